The molecular formula is C26H26ClFN2O4S2. The van der Waals surface area contributed by atoms with Crippen LogP contribution in [0.5, 0.6) is 5.75 Å². The second-order valence-electron chi connectivity index (χ2n) is 9.11. The van der Waals surface area contributed by atoms with Crippen molar-refractivity contribution in [2.75, 3.05) is 26.2 Å². The van der Waals surface area contributed by atoms with Crippen LogP contribution in [-0.4, -0.2) is 49.8 Å². The van der Waals surface area contributed by atoms with Crippen LogP contribution in [0.3, 0.4) is 0 Å². The van der Waals surface area contributed by atoms with E-state index in [4.69, 9.17) is 16.3 Å². The van der Waals surface area contributed by atoms with Crippen molar-refractivity contribution in [2.45, 2.75) is 30.2 Å². The predicted molar refractivity (Wildman–Crippen MR) is 137 cm³/mol. The molecule has 1 aliphatic carbocycles. The lowest BCUT2D eigenvalue weighted by Crippen LogP contribution is -2.48. The van der Waals surface area contributed by atoms with Crippen molar-refractivity contribution in [1.82, 2.24) is 9.21 Å². The van der Waals surface area contributed by atoms with Gasteiger partial charge in [0.1, 0.15) is 18.2 Å². The highest BCUT2D eigenvalue weighted by atomic mass is 35.5. The third-order valence-corrected chi connectivity index (χ3v) is 9.63. The van der Waals surface area contributed by atoms with Gasteiger partial charge in [-0.1, -0.05) is 11.6 Å². The number of thiophene rings is 1. The largest absolute Gasteiger partial charge is 0.491 e. The fourth-order valence-electron chi connectivity index (χ4n) is 4.41. The zero-order valence-electron chi connectivity index (χ0n) is 19.5. The summed E-state index contributed by atoms with van der Waals surface area (Å²) in [6.45, 7) is 0.731. The number of sulfonamides is 1. The summed E-state index contributed by atoms with van der Waals surface area (Å²) >= 11 is 7.59. The number of hydrogen-bond donors (Lipinski definition) is 0. The highest BCUT2D eigenvalue weighted by molar-refractivity contribution is 7.89. The summed E-state index contributed by atoms with van der Waals surface area (Å²) in [5.41, 5.74) is 1.01. The van der Waals surface area contributed by atoms with Crippen molar-refractivity contribution in [1.29, 1.82) is 0 Å². The molecule has 0 radical (unpaired) electrons. The molecule has 1 aliphatic heterocycles. The third-order valence-electron chi connectivity index (χ3n) is 6.56. The van der Waals surface area contributed by atoms with Gasteiger partial charge >= 0.3 is 0 Å². The van der Waals surface area contributed by atoms with E-state index in [0.29, 0.717) is 30.3 Å². The molecule has 2 aliphatic rings. The summed E-state index contributed by atoms with van der Waals surface area (Å²) in [5, 5.41) is 2.44. The summed E-state index contributed by atoms with van der Waals surface area (Å²) in [6.07, 6.45) is 2.62. The molecule has 2 aromatic carbocycles. The zero-order valence-corrected chi connectivity index (χ0v) is 21.9. The van der Waals surface area contributed by atoms with Crippen LogP contribution in [0.1, 0.15) is 29.3 Å². The Morgan fingerprint density at radius 3 is 2.53 bits per heavy atom. The van der Waals surface area contributed by atoms with Gasteiger partial charge in [-0.05, 0) is 90.7 Å². The minimum atomic E-state index is -3.87. The quantitative estimate of drug-likeness (QED) is 0.371. The van der Waals surface area contributed by atoms with E-state index >= 15 is 0 Å². The van der Waals surface area contributed by atoms with E-state index in [1.807, 2.05) is 11.4 Å². The number of carbonyl (C=O) groups excluding carboxylic acids is 1. The van der Waals surface area contributed by atoms with Crippen molar-refractivity contribution >= 4 is 38.9 Å². The van der Waals surface area contributed by atoms with Crippen LogP contribution >= 0.6 is 22.9 Å². The molecule has 190 valence electrons. The SMILES string of the molecule is O=C(CN(CC1CC1)S(=O)(=O)c1ccc(Cl)cc1)N1CCc2sccc2[C@@H]1COc1ccc(F)cc1. The number of amides is 1. The molecule has 0 spiro atoms. The van der Waals surface area contributed by atoms with Crippen LogP contribution in [0.2, 0.25) is 5.02 Å². The van der Waals surface area contributed by atoms with E-state index in [9.17, 15) is 17.6 Å². The highest BCUT2D eigenvalue weighted by Gasteiger charge is 2.37. The monoisotopic (exact) mass is 548 g/mol. The number of benzene rings is 2. The highest BCUT2D eigenvalue weighted by Crippen LogP contribution is 2.35. The molecule has 0 unspecified atom stereocenters. The summed E-state index contributed by atoms with van der Waals surface area (Å²) in [6, 6.07) is 13.4. The van der Waals surface area contributed by atoms with E-state index < -0.39 is 10.0 Å². The van der Waals surface area contributed by atoms with E-state index in [1.165, 1.54) is 45.6 Å². The number of fused-ring (bicyclic) bond motifs is 1. The Labute approximate surface area is 219 Å². The number of hydrogen-bond acceptors (Lipinski definition) is 5. The average Bonchev–Trinajstić information content (AvgIpc) is 3.55. The van der Waals surface area contributed by atoms with E-state index in [-0.39, 0.29) is 41.7 Å². The number of rotatable bonds is 9. The van der Waals surface area contributed by atoms with Gasteiger partial charge in [-0.2, -0.15) is 4.31 Å². The number of carbonyl (C=O) groups is 1. The van der Waals surface area contributed by atoms with Crippen molar-refractivity contribution < 1.29 is 22.3 Å². The van der Waals surface area contributed by atoms with Crippen LogP contribution in [0.15, 0.2) is 64.9 Å². The molecule has 36 heavy (non-hydrogen) atoms. The topological polar surface area (TPSA) is 66.9 Å². The first-order valence-electron chi connectivity index (χ1n) is 11.8. The molecule has 10 heteroatoms. The van der Waals surface area contributed by atoms with Crippen LogP contribution in [0.4, 0.5) is 4.39 Å². The molecule has 2 heterocycles. The van der Waals surface area contributed by atoms with Gasteiger partial charge in [0.25, 0.3) is 0 Å². The summed E-state index contributed by atoms with van der Waals surface area (Å²) in [4.78, 5) is 16.7. The molecule has 6 nitrogen and oxygen atoms in total. The Morgan fingerprint density at radius 2 is 1.83 bits per heavy atom. The van der Waals surface area contributed by atoms with Gasteiger partial charge in [0.05, 0.1) is 17.5 Å². The molecular weight excluding hydrogens is 523 g/mol. The van der Waals surface area contributed by atoms with Gasteiger partial charge in [-0.25, -0.2) is 12.8 Å². The third kappa shape index (κ3) is 5.59. The van der Waals surface area contributed by atoms with Gasteiger partial charge < -0.3 is 9.64 Å². The zero-order chi connectivity index (χ0) is 25.3. The minimum absolute atomic E-state index is 0.121. The first-order valence-corrected chi connectivity index (χ1v) is 14.5. The maximum atomic E-state index is 13.6. The molecule has 1 aromatic heterocycles. The molecule has 1 atom stereocenters. The second-order valence-corrected chi connectivity index (χ2v) is 12.5. The van der Waals surface area contributed by atoms with Crippen molar-refractivity contribution in [2.24, 2.45) is 5.92 Å². The molecule has 0 N–H and O–H groups in total. The number of nitrogens with zero attached hydrogens (tertiary/aromatic N) is 2. The smallest absolute Gasteiger partial charge is 0.243 e. The van der Waals surface area contributed by atoms with Crippen LogP contribution in [-0.2, 0) is 21.2 Å². The van der Waals surface area contributed by atoms with Gasteiger partial charge in [-0.15, -0.1) is 11.3 Å². The maximum absolute atomic E-state index is 13.6. The first kappa shape index (κ1) is 25.2. The van der Waals surface area contributed by atoms with Crippen molar-refractivity contribution in [3.8, 4) is 5.75 Å². The van der Waals surface area contributed by atoms with Gasteiger partial charge in [0.15, 0.2) is 0 Å². The second kappa shape index (κ2) is 10.5. The first-order chi connectivity index (χ1) is 17.3. The normalized spacial score (nSPS) is 17.8. The minimum Gasteiger partial charge on any atom is -0.491 e. The molecule has 0 saturated heterocycles. The maximum Gasteiger partial charge on any atom is 0.243 e. The van der Waals surface area contributed by atoms with Gasteiger partial charge in [0, 0.05) is 23.0 Å². The summed E-state index contributed by atoms with van der Waals surface area (Å²) in [7, 11) is -3.87. The standard InChI is InChI=1S/C26H26ClFN2O4S2/c27-19-3-9-22(10-4-19)36(32,33)29(15-18-1-2-18)16-26(31)30-13-11-25-23(12-14-35-25)24(30)17-34-21-7-5-20(28)6-8-21/h3-10,12,14,18,24H,1-2,11,13,15-17H2/t24-/m0/s1. The van der Waals surface area contributed by atoms with E-state index in [2.05, 4.69) is 0 Å². The number of ether oxygens (including phenoxy) is 1. The van der Waals surface area contributed by atoms with E-state index in [1.54, 1.807) is 28.4 Å². The lowest BCUT2D eigenvalue weighted by Gasteiger charge is -2.37. The van der Waals surface area contributed by atoms with E-state index in [0.717, 1.165) is 18.4 Å². The molecule has 1 fully saturated rings. The lowest BCUT2D eigenvalue weighted by molar-refractivity contribution is -0.135. The molecule has 3 aromatic rings. The number of halogens is 2. The van der Waals surface area contributed by atoms with Crippen LogP contribution in [0.25, 0.3) is 0 Å². The molecule has 5 rings (SSSR count). The molecule has 1 amide bonds. The van der Waals surface area contributed by atoms with Crippen molar-refractivity contribution in [3.05, 3.63) is 81.3 Å². The Balaban J connectivity index is 1.37. The Morgan fingerprint density at radius 1 is 1.11 bits per heavy atom. The molecule has 0 bridgehead atoms. The Kier molecular flexibility index (Phi) is 7.35. The van der Waals surface area contributed by atoms with Gasteiger partial charge in [0.2, 0.25) is 15.9 Å². The summed E-state index contributed by atoms with van der Waals surface area (Å²) < 4.78 is 47.5. The predicted octanol–water partition coefficient (Wildman–Crippen LogP) is 5.15. The average molecular weight is 549 g/mol. The molecule has 1 saturated carbocycles. The Hall–Kier alpha value is -2.46. The van der Waals surface area contributed by atoms with Crippen LogP contribution < -0.4 is 4.74 Å². The Bertz CT molecular complexity index is 1320. The fraction of sp³-hybridized carbons (Fsp3) is 0.346. The fourth-order valence-corrected chi connectivity index (χ4v) is 6.93. The lowest BCUT2D eigenvalue weighted by atomic mass is 10.0. The van der Waals surface area contributed by atoms with Crippen LogP contribution in [0, 0.1) is 11.7 Å². The van der Waals surface area contributed by atoms with Crippen molar-refractivity contribution in [3.63, 3.8) is 0 Å². The summed E-state index contributed by atoms with van der Waals surface area (Å²) in [5.74, 6) is 0.154. The van der Waals surface area contributed by atoms with Gasteiger partial charge in [-0.3, -0.25) is 4.79 Å².